The number of hydrogen-bond donors (Lipinski definition) is 4. The normalized spacial score (nSPS) is 10.9. The average molecular weight is 380 g/mol. The number of carboxylic acids is 1. The fraction of sp³-hybridized carbons (Fsp3) is 0.0625. The van der Waals surface area contributed by atoms with Gasteiger partial charge in [-0.2, -0.15) is 0 Å². The number of fused-ring (bicyclic) bond motifs is 1. The number of nitrogens with one attached hydrogen (secondary N) is 1. The van der Waals surface area contributed by atoms with Gasteiger partial charge in [0.1, 0.15) is 12.4 Å². The van der Waals surface area contributed by atoms with E-state index in [4.69, 9.17) is 21.9 Å². The van der Waals surface area contributed by atoms with Crippen molar-refractivity contribution in [2.45, 2.75) is 6.54 Å². The third-order valence-electron chi connectivity index (χ3n) is 3.73. The lowest BCUT2D eigenvalue weighted by Gasteiger charge is -2.10. The largest absolute Gasteiger partial charge is 0.504 e. The van der Waals surface area contributed by atoms with Crippen LogP contribution in [0.25, 0.3) is 22.4 Å². The van der Waals surface area contributed by atoms with Crippen LogP contribution in [0, 0.1) is 5.82 Å². The third-order valence-corrected chi connectivity index (χ3v) is 4.03. The van der Waals surface area contributed by atoms with Crippen LogP contribution in [0.5, 0.6) is 5.75 Å². The van der Waals surface area contributed by atoms with Gasteiger partial charge in [-0.1, -0.05) is 11.6 Å². The van der Waals surface area contributed by atoms with Crippen LogP contribution in [0.3, 0.4) is 0 Å². The van der Waals surface area contributed by atoms with Gasteiger partial charge in [0, 0.05) is 0 Å². The highest BCUT2D eigenvalue weighted by Gasteiger charge is 2.21. The number of aromatic carboxylic acids is 1. The maximum absolute atomic E-state index is 14.5. The average Bonchev–Trinajstić information content (AvgIpc) is 2.97. The van der Waals surface area contributed by atoms with Gasteiger partial charge < -0.3 is 14.8 Å². The Hall–Kier alpha value is -3.17. The number of amides is 1. The Morgan fingerprint density at radius 2 is 2.00 bits per heavy atom. The molecule has 0 fully saturated rings. The van der Waals surface area contributed by atoms with Crippen molar-refractivity contribution in [3.63, 3.8) is 0 Å². The van der Waals surface area contributed by atoms with Crippen LogP contribution < -0.4 is 5.48 Å². The second-order valence-corrected chi connectivity index (χ2v) is 5.73. The first-order valence-electron chi connectivity index (χ1n) is 7.17. The number of benzene rings is 2. The summed E-state index contributed by atoms with van der Waals surface area (Å²) in [5.41, 5.74) is 1.77. The molecule has 8 nitrogen and oxygen atoms in total. The van der Waals surface area contributed by atoms with Crippen LogP contribution in [0.2, 0.25) is 5.02 Å². The van der Waals surface area contributed by atoms with Crippen LogP contribution in [-0.4, -0.2) is 36.8 Å². The van der Waals surface area contributed by atoms with Crippen molar-refractivity contribution in [1.29, 1.82) is 0 Å². The summed E-state index contributed by atoms with van der Waals surface area (Å²) >= 11 is 5.67. The molecule has 0 aliphatic carbocycles. The maximum Gasteiger partial charge on any atom is 0.335 e. The van der Waals surface area contributed by atoms with Gasteiger partial charge >= 0.3 is 5.97 Å². The zero-order chi connectivity index (χ0) is 19.0. The third kappa shape index (κ3) is 2.93. The molecule has 0 saturated carbocycles. The van der Waals surface area contributed by atoms with E-state index >= 15 is 0 Å². The minimum Gasteiger partial charge on any atom is -0.504 e. The number of aromatic nitrogens is 2. The fourth-order valence-corrected chi connectivity index (χ4v) is 2.66. The lowest BCUT2D eigenvalue weighted by molar-refractivity contribution is -0.129. The molecule has 0 aliphatic heterocycles. The lowest BCUT2D eigenvalue weighted by atomic mass is 10.2. The van der Waals surface area contributed by atoms with Crippen molar-refractivity contribution in [3.8, 4) is 17.1 Å². The summed E-state index contributed by atoms with van der Waals surface area (Å²) in [7, 11) is 0. The van der Waals surface area contributed by atoms with Gasteiger partial charge in [-0.3, -0.25) is 10.0 Å². The Morgan fingerprint density at radius 1 is 1.27 bits per heavy atom. The van der Waals surface area contributed by atoms with Gasteiger partial charge in [0.25, 0.3) is 5.91 Å². The zero-order valence-corrected chi connectivity index (χ0v) is 13.7. The predicted molar refractivity (Wildman–Crippen MR) is 88.7 cm³/mol. The fourth-order valence-electron chi connectivity index (χ4n) is 2.51. The molecular formula is C16H11ClFN3O5. The Kier molecular flexibility index (Phi) is 4.49. The highest BCUT2D eigenvalue weighted by Crippen LogP contribution is 2.35. The van der Waals surface area contributed by atoms with E-state index in [2.05, 4.69) is 4.98 Å². The molecule has 26 heavy (non-hydrogen) atoms. The Morgan fingerprint density at radius 3 is 2.65 bits per heavy atom. The number of nitrogens with zero attached hydrogens (tertiary/aromatic N) is 2. The second kappa shape index (κ2) is 6.62. The second-order valence-electron chi connectivity index (χ2n) is 5.32. The van der Waals surface area contributed by atoms with Crippen LogP contribution >= 0.6 is 11.6 Å². The first-order valence-corrected chi connectivity index (χ1v) is 7.55. The van der Waals surface area contributed by atoms with Crippen LogP contribution in [0.1, 0.15) is 10.4 Å². The van der Waals surface area contributed by atoms with Gasteiger partial charge in [0.15, 0.2) is 11.6 Å². The Labute approximate surface area is 150 Å². The molecule has 0 unspecified atom stereocenters. The number of rotatable bonds is 4. The monoisotopic (exact) mass is 379 g/mol. The van der Waals surface area contributed by atoms with Gasteiger partial charge in [0.2, 0.25) is 0 Å². The van der Waals surface area contributed by atoms with Crippen LogP contribution in [0.4, 0.5) is 4.39 Å². The molecule has 0 bridgehead atoms. The number of carbonyl (C=O) groups excluding carboxylic acids is 1. The van der Waals surface area contributed by atoms with E-state index in [1.165, 1.54) is 40.4 Å². The van der Waals surface area contributed by atoms with E-state index in [1.807, 2.05) is 0 Å². The van der Waals surface area contributed by atoms with Gasteiger partial charge in [0.05, 0.1) is 27.2 Å². The van der Waals surface area contributed by atoms with E-state index < -0.39 is 30.0 Å². The lowest BCUT2D eigenvalue weighted by Crippen LogP contribution is -2.24. The summed E-state index contributed by atoms with van der Waals surface area (Å²) in [6.45, 7) is -0.464. The summed E-state index contributed by atoms with van der Waals surface area (Å²) < 4.78 is 15.7. The summed E-state index contributed by atoms with van der Waals surface area (Å²) in [4.78, 5) is 27.0. The zero-order valence-electron chi connectivity index (χ0n) is 12.9. The molecule has 10 heteroatoms. The molecule has 0 atom stereocenters. The van der Waals surface area contributed by atoms with E-state index in [1.54, 1.807) is 0 Å². The van der Waals surface area contributed by atoms with Crippen molar-refractivity contribution in [1.82, 2.24) is 15.0 Å². The van der Waals surface area contributed by atoms with Crippen molar-refractivity contribution in [3.05, 3.63) is 46.7 Å². The molecule has 0 radical (unpaired) electrons. The molecular weight excluding hydrogens is 369 g/mol. The molecule has 0 saturated heterocycles. The van der Waals surface area contributed by atoms with E-state index in [0.29, 0.717) is 5.52 Å². The minimum absolute atomic E-state index is 0.0457. The minimum atomic E-state index is -1.19. The quantitative estimate of drug-likeness (QED) is 0.407. The number of aromatic hydroxyl groups is 1. The highest BCUT2D eigenvalue weighted by molar-refractivity contribution is 6.32. The Bertz CT molecular complexity index is 1050. The number of phenolic OH excluding ortho intramolecular Hbond substituents is 1. The molecule has 1 amide bonds. The van der Waals surface area contributed by atoms with Gasteiger partial charge in [-0.05, 0) is 30.3 Å². The number of phenols is 1. The number of carboxylic acid groups (broad SMARTS) is 1. The summed E-state index contributed by atoms with van der Waals surface area (Å²) in [6.07, 6.45) is 0. The number of hydrogen-bond acceptors (Lipinski definition) is 5. The Balaban J connectivity index is 2.30. The summed E-state index contributed by atoms with van der Waals surface area (Å²) in [5, 5.41) is 27.4. The predicted octanol–water partition coefficient (Wildman–Crippen LogP) is 2.40. The molecule has 0 spiro atoms. The van der Waals surface area contributed by atoms with Crippen molar-refractivity contribution in [2.75, 3.05) is 0 Å². The molecule has 1 heterocycles. The molecule has 0 aliphatic rings. The standard InChI is InChI=1S/C16H11ClFN3O5/c17-9-3-2-8(13(18)14(9)23)15-19-10-4-1-7(16(24)25)5-11(10)21(15)6-12(22)20-26/h1-5,23,26H,6H2,(H,20,22)(H,24,25). The van der Waals surface area contributed by atoms with Crippen LogP contribution in [-0.2, 0) is 11.3 Å². The first kappa shape index (κ1) is 17.6. The molecule has 3 aromatic rings. The molecule has 4 N–H and O–H groups in total. The number of hydroxylamine groups is 1. The van der Waals surface area contributed by atoms with Crippen molar-refractivity contribution < 1.29 is 29.4 Å². The van der Waals surface area contributed by atoms with E-state index in [9.17, 15) is 19.1 Å². The number of carbonyl (C=O) groups is 2. The summed E-state index contributed by atoms with van der Waals surface area (Å²) in [5.74, 6) is -3.89. The van der Waals surface area contributed by atoms with Gasteiger partial charge in [-0.15, -0.1) is 0 Å². The summed E-state index contributed by atoms with van der Waals surface area (Å²) in [6, 6.07) is 6.52. The van der Waals surface area contributed by atoms with Gasteiger partial charge in [-0.25, -0.2) is 19.6 Å². The van der Waals surface area contributed by atoms with E-state index in [-0.39, 0.29) is 27.5 Å². The van der Waals surface area contributed by atoms with Crippen molar-refractivity contribution >= 4 is 34.5 Å². The van der Waals surface area contributed by atoms with E-state index in [0.717, 1.165) is 0 Å². The SMILES string of the molecule is O=C(Cn1c(-c2ccc(Cl)c(O)c2F)nc2ccc(C(=O)O)cc21)NO. The topological polar surface area (TPSA) is 125 Å². The number of halogens is 2. The molecule has 134 valence electrons. The highest BCUT2D eigenvalue weighted by atomic mass is 35.5. The van der Waals surface area contributed by atoms with Crippen LogP contribution in [0.15, 0.2) is 30.3 Å². The molecule has 1 aromatic heterocycles. The smallest absolute Gasteiger partial charge is 0.335 e. The first-order chi connectivity index (χ1) is 12.3. The van der Waals surface area contributed by atoms with Crippen molar-refractivity contribution in [2.24, 2.45) is 0 Å². The number of imidazole rings is 1. The molecule has 3 rings (SSSR count). The molecule has 2 aromatic carbocycles. The maximum atomic E-state index is 14.5.